The Balaban J connectivity index is 1.82. The van der Waals surface area contributed by atoms with Gasteiger partial charge in [-0.05, 0) is 61.4 Å². The first-order chi connectivity index (χ1) is 15.0. The zero-order valence-corrected chi connectivity index (χ0v) is 18.0. The van der Waals surface area contributed by atoms with Crippen molar-refractivity contribution in [3.05, 3.63) is 83.4 Å². The van der Waals surface area contributed by atoms with Gasteiger partial charge >= 0.3 is 0 Å². The maximum absolute atomic E-state index is 13.3. The van der Waals surface area contributed by atoms with E-state index >= 15 is 0 Å². The molecule has 3 aromatic carbocycles. The second-order valence-electron chi connectivity index (χ2n) is 7.39. The van der Waals surface area contributed by atoms with Crippen LogP contribution >= 0.6 is 0 Å². The average molecular weight is 412 g/mol. The lowest BCUT2D eigenvalue weighted by Gasteiger charge is -2.14. The Bertz CT molecular complexity index is 1280. The molecule has 0 bridgehead atoms. The van der Waals surface area contributed by atoms with E-state index in [0.29, 0.717) is 22.8 Å². The molecule has 0 atom stereocenters. The zero-order chi connectivity index (χ0) is 22.0. The maximum atomic E-state index is 13.3. The van der Waals surface area contributed by atoms with Crippen LogP contribution in [0.25, 0.3) is 22.2 Å². The first kappa shape index (κ1) is 20.4. The molecular weight excluding hydrogens is 388 g/mol. The fourth-order valence-electron chi connectivity index (χ4n) is 3.53. The number of pyridine rings is 1. The summed E-state index contributed by atoms with van der Waals surface area (Å²) in [5, 5.41) is 3.82. The lowest BCUT2D eigenvalue weighted by molar-refractivity contribution is 0.102. The van der Waals surface area contributed by atoms with Crippen molar-refractivity contribution in [3.8, 4) is 22.8 Å². The Hall–Kier alpha value is -3.86. The third-order valence-electron chi connectivity index (χ3n) is 5.41. The lowest BCUT2D eigenvalue weighted by Crippen LogP contribution is -2.13. The van der Waals surface area contributed by atoms with Crippen LogP contribution in [-0.4, -0.2) is 25.1 Å². The Morgan fingerprint density at radius 1 is 0.871 bits per heavy atom. The maximum Gasteiger partial charge on any atom is 0.256 e. The molecule has 1 heterocycles. The molecule has 31 heavy (non-hydrogen) atoms. The summed E-state index contributed by atoms with van der Waals surface area (Å²) in [7, 11) is 3.21. The number of amides is 1. The molecule has 0 aliphatic carbocycles. The molecule has 1 N–H and O–H groups in total. The molecule has 5 heteroatoms. The predicted octanol–water partition coefficient (Wildman–Crippen LogP) is 5.79. The molecule has 156 valence electrons. The Morgan fingerprint density at radius 3 is 2.42 bits per heavy atom. The number of nitrogens with one attached hydrogen (secondary N) is 1. The van der Waals surface area contributed by atoms with Crippen molar-refractivity contribution in [2.45, 2.75) is 13.8 Å². The van der Waals surface area contributed by atoms with Crippen LogP contribution in [0.5, 0.6) is 11.5 Å². The van der Waals surface area contributed by atoms with Gasteiger partial charge in [-0.2, -0.15) is 0 Å². The molecule has 0 unspecified atom stereocenters. The van der Waals surface area contributed by atoms with Crippen molar-refractivity contribution in [3.63, 3.8) is 0 Å². The number of fused-ring (bicyclic) bond motifs is 1. The van der Waals surface area contributed by atoms with Gasteiger partial charge in [-0.15, -0.1) is 0 Å². The number of anilines is 1. The van der Waals surface area contributed by atoms with Gasteiger partial charge in [-0.25, -0.2) is 4.98 Å². The van der Waals surface area contributed by atoms with E-state index in [2.05, 4.69) is 5.32 Å². The lowest BCUT2D eigenvalue weighted by atomic mass is 10.0. The van der Waals surface area contributed by atoms with Crippen molar-refractivity contribution in [1.82, 2.24) is 4.98 Å². The van der Waals surface area contributed by atoms with E-state index in [-0.39, 0.29) is 5.91 Å². The molecule has 5 nitrogen and oxygen atoms in total. The van der Waals surface area contributed by atoms with Gasteiger partial charge in [0.1, 0.15) is 11.5 Å². The molecule has 4 rings (SSSR count). The second-order valence-corrected chi connectivity index (χ2v) is 7.39. The topological polar surface area (TPSA) is 60.5 Å². The molecule has 0 aliphatic rings. The number of nitrogens with zero attached hydrogens (tertiary/aromatic N) is 1. The molecule has 1 amide bonds. The minimum Gasteiger partial charge on any atom is -0.497 e. The van der Waals surface area contributed by atoms with Crippen molar-refractivity contribution >= 4 is 22.5 Å². The molecule has 0 radical (unpaired) electrons. The normalized spacial score (nSPS) is 10.7. The van der Waals surface area contributed by atoms with Crippen LogP contribution in [0, 0.1) is 13.8 Å². The van der Waals surface area contributed by atoms with Gasteiger partial charge in [-0.3, -0.25) is 4.79 Å². The summed E-state index contributed by atoms with van der Waals surface area (Å²) >= 11 is 0. The third kappa shape index (κ3) is 4.08. The van der Waals surface area contributed by atoms with E-state index in [9.17, 15) is 4.79 Å². The number of para-hydroxylation sites is 1. The van der Waals surface area contributed by atoms with Crippen molar-refractivity contribution < 1.29 is 14.3 Å². The van der Waals surface area contributed by atoms with Gasteiger partial charge in [-0.1, -0.05) is 24.3 Å². The summed E-state index contributed by atoms with van der Waals surface area (Å²) in [5.74, 6) is 1.13. The zero-order valence-electron chi connectivity index (χ0n) is 18.0. The number of ether oxygens (including phenoxy) is 2. The van der Waals surface area contributed by atoms with Gasteiger partial charge < -0.3 is 14.8 Å². The number of rotatable bonds is 5. The fraction of sp³-hybridized carbons (Fsp3) is 0.154. The highest BCUT2D eigenvalue weighted by molar-refractivity contribution is 6.13. The van der Waals surface area contributed by atoms with Crippen LogP contribution in [0.4, 0.5) is 5.69 Å². The molecule has 1 aromatic heterocycles. The van der Waals surface area contributed by atoms with Crippen LogP contribution in [0.3, 0.4) is 0 Å². The van der Waals surface area contributed by atoms with E-state index in [1.165, 1.54) is 5.56 Å². The first-order valence-electron chi connectivity index (χ1n) is 10.0. The summed E-state index contributed by atoms with van der Waals surface area (Å²) in [6, 6.07) is 20.9. The minimum absolute atomic E-state index is 0.185. The monoisotopic (exact) mass is 412 g/mol. The molecule has 0 aliphatic heterocycles. The summed E-state index contributed by atoms with van der Waals surface area (Å²) in [5.41, 5.74) is 5.80. The number of hydrogen-bond acceptors (Lipinski definition) is 4. The van der Waals surface area contributed by atoms with E-state index in [1.807, 2.05) is 74.5 Å². The number of aromatic nitrogens is 1. The van der Waals surface area contributed by atoms with Crippen LogP contribution < -0.4 is 14.8 Å². The highest BCUT2D eigenvalue weighted by Gasteiger charge is 2.17. The summed E-state index contributed by atoms with van der Waals surface area (Å²) < 4.78 is 10.9. The standard InChI is InChI=1S/C26H24N2O3/c1-16-9-10-18(13-17(16)2)27-26(29)22-15-24(28-23-8-6-5-7-20(22)23)21-12-11-19(30-3)14-25(21)31-4/h5-15H,1-4H3,(H,27,29). The third-order valence-corrected chi connectivity index (χ3v) is 5.41. The van der Waals surface area contributed by atoms with Gasteiger partial charge in [0.25, 0.3) is 5.91 Å². The predicted molar refractivity (Wildman–Crippen MR) is 124 cm³/mol. The van der Waals surface area contributed by atoms with Crippen LogP contribution in [0.2, 0.25) is 0 Å². The highest BCUT2D eigenvalue weighted by atomic mass is 16.5. The van der Waals surface area contributed by atoms with E-state index in [0.717, 1.165) is 27.7 Å². The van der Waals surface area contributed by atoms with E-state index < -0.39 is 0 Å². The quantitative estimate of drug-likeness (QED) is 0.451. The van der Waals surface area contributed by atoms with Crippen molar-refractivity contribution in [1.29, 1.82) is 0 Å². The molecular formula is C26H24N2O3. The highest BCUT2D eigenvalue weighted by Crippen LogP contribution is 2.34. The number of benzene rings is 3. The molecule has 0 saturated carbocycles. The second kappa shape index (κ2) is 8.48. The van der Waals surface area contributed by atoms with Gasteiger partial charge in [0, 0.05) is 22.7 Å². The average Bonchev–Trinajstić information content (AvgIpc) is 2.80. The summed E-state index contributed by atoms with van der Waals surface area (Å²) in [6.07, 6.45) is 0. The molecule has 0 saturated heterocycles. The van der Waals surface area contributed by atoms with Crippen LogP contribution in [-0.2, 0) is 0 Å². The van der Waals surface area contributed by atoms with Crippen LogP contribution in [0.15, 0.2) is 66.7 Å². The van der Waals surface area contributed by atoms with Gasteiger partial charge in [0.15, 0.2) is 0 Å². The van der Waals surface area contributed by atoms with Gasteiger partial charge in [0.05, 0.1) is 31.0 Å². The molecule has 0 spiro atoms. The van der Waals surface area contributed by atoms with E-state index in [1.54, 1.807) is 20.3 Å². The fourth-order valence-corrected chi connectivity index (χ4v) is 3.53. The first-order valence-corrected chi connectivity index (χ1v) is 10.0. The number of methoxy groups -OCH3 is 2. The number of carbonyl (C=O) groups excluding carboxylic acids is 1. The molecule has 4 aromatic rings. The SMILES string of the molecule is COc1ccc(-c2cc(C(=O)Nc3ccc(C)c(C)c3)c3ccccc3n2)c(OC)c1. The van der Waals surface area contributed by atoms with Gasteiger partial charge in [0.2, 0.25) is 0 Å². The number of aryl methyl sites for hydroxylation is 2. The Labute approximate surface area is 181 Å². The summed E-state index contributed by atoms with van der Waals surface area (Å²) in [4.78, 5) is 18.1. The van der Waals surface area contributed by atoms with Crippen molar-refractivity contribution in [2.75, 3.05) is 19.5 Å². The van der Waals surface area contributed by atoms with E-state index in [4.69, 9.17) is 14.5 Å². The smallest absolute Gasteiger partial charge is 0.256 e. The number of carbonyl (C=O) groups is 1. The summed E-state index contributed by atoms with van der Waals surface area (Å²) in [6.45, 7) is 4.08. The Morgan fingerprint density at radius 2 is 1.68 bits per heavy atom. The van der Waals surface area contributed by atoms with Crippen LogP contribution in [0.1, 0.15) is 21.5 Å². The minimum atomic E-state index is -0.185. The largest absolute Gasteiger partial charge is 0.497 e. The molecule has 0 fully saturated rings. The Kier molecular flexibility index (Phi) is 5.58. The van der Waals surface area contributed by atoms with Crippen molar-refractivity contribution in [2.24, 2.45) is 0 Å². The number of hydrogen-bond donors (Lipinski definition) is 1.